The first-order valence-corrected chi connectivity index (χ1v) is 27.6. The first-order chi connectivity index (χ1) is 41.1. The number of carbonyl (C=O) groups excluding carboxylic acids is 3. The minimum atomic E-state index is -2.36. The molecule has 0 aromatic heterocycles. The highest BCUT2D eigenvalue weighted by Crippen LogP contribution is 2.38. The van der Waals surface area contributed by atoms with Crippen LogP contribution in [0.25, 0.3) is 0 Å². The van der Waals surface area contributed by atoms with Gasteiger partial charge in [0.05, 0.1) is 46.2 Å². The first kappa shape index (κ1) is 71.5. The van der Waals surface area contributed by atoms with E-state index in [0.717, 1.165) is 20.8 Å². The normalized spacial score (nSPS) is 48.9. The summed E-state index contributed by atoms with van der Waals surface area (Å²) in [5, 5.41) is 224. The smallest absolute Gasteiger partial charge is 0.217 e. The van der Waals surface area contributed by atoms with Crippen molar-refractivity contribution in [2.75, 3.05) is 46.2 Å². The highest BCUT2D eigenvalue weighted by atomic mass is 16.8. The lowest BCUT2D eigenvalue weighted by atomic mass is 9.94. The van der Waals surface area contributed by atoms with Crippen LogP contribution in [-0.4, -0.2) is 381 Å². The van der Waals surface area contributed by atoms with Gasteiger partial charge in [-0.2, -0.15) is 0 Å². The zero-order valence-corrected chi connectivity index (χ0v) is 46.6. The van der Waals surface area contributed by atoms with Gasteiger partial charge in [-0.1, -0.05) is 0 Å². The summed E-state index contributed by atoms with van der Waals surface area (Å²) in [6, 6.07) is -5.23. The van der Waals surface area contributed by atoms with Crippen LogP contribution in [-0.2, 0) is 76.0 Å². The molecule has 0 aliphatic carbocycles. The Balaban J connectivity index is 1.17. The molecular formula is C48H81N3O36. The van der Waals surface area contributed by atoms with Gasteiger partial charge in [0, 0.05) is 20.8 Å². The number of carbonyl (C=O) groups is 3. The molecule has 39 nitrogen and oxygen atoms in total. The Morgan fingerprint density at radius 2 is 0.632 bits per heavy atom. The van der Waals surface area contributed by atoms with Crippen molar-refractivity contribution in [3.63, 3.8) is 0 Å². The van der Waals surface area contributed by atoms with Gasteiger partial charge in [0.1, 0.15) is 171 Å². The van der Waals surface area contributed by atoms with Crippen molar-refractivity contribution in [2.45, 2.75) is 236 Å². The van der Waals surface area contributed by atoms with Gasteiger partial charge in [-0.3, -0.25) is 14.4 Å². The molecule has 0 radical (unpaired) electrons. The molecule has 7 fully saturated rings. The molecule has 7 saturated heterocycles. The van der Waals surface area contributed by atoms with Gasteiger partial charge in [0.2, 0.25) is 17.7 Å². The van der Waals surface area contributed by atoms with Crippen LogP contribution in [0.15, 0.2) is 0 Å². The number of hydrogen-bond acceptors (Lipinski definition) is 36. The third kappa shape index (κ3) is 15.8. The molecule has 0 unspecified atom stereocenters. The van der Waals surface area contributed by atoms with Crippen LogP contribution in [0.3, 0.4) is 0 Å². The highest BCUT2D eigenvalue weighted by Gasteiger charge is 2.59. The molecule has 3 amide bonds. The van der Waals surface area contributed by atoms with Crippen LogP contribution in [0, 0.1) is 0 Å². The van der Waals surface area contributed by atoms with Crippen molar-refractivity contribution >= 4 is 17.7 Å². The van der Waals surface area contributed by atoms with Crippen LogP contribution < -0.4 is 16.0 Å². The van der Waals surface area contributed by atoms with Gasteiger partial charge in [0.25, 0.3) is 0 Å². The van der Waals surface area contributed by atoms with Gasteiger partial charge in [-0.05, 0) is 0 Å². The third-order valence-corrected chi connectivity index (χ3v) is 15.7. The van der Waals surface area contributed by atoms with Gasteiger partial charge in [-0.15, -0.1) is 0 Å². The quantitative estimate of drug-likeness (QED) is 0.0479. The van der Waals surface area contributed by atoms with Gasteiger partial charge in [0.15, 0.2) is 44.0 Å². The molecule has 7 aliphatic heterocycles. The summed E-state index contributed by atoms with van der Waals surface area (Å²) in [4.78, 5) is 37.4. The zero-order valence-electron chi connectivity index (χ0n) is 46.6. The average molecular weight is 1280 g/mol. The van der Waals surface area contributed by atoms with Gasteiger partial charge < -0.3 is 180 Å². The third-order valence-electron chi connectivity index (χ3n) is 15.7. The van der Waals surface area contributed by atoms with E-state index in [1.54, 1.807) is 0 Å². The summed E-state index contributed by atoms with van der Waals surface area (Å²) in [5.74, 6) is -2.52. The second-order valence-corrected chi connectivity index (χ2v) is 21.8. The molecule has 35 atom stereocenters. The van der Waals surface area contributed by atoms with Crippen molar-refractivity contribution in [2.24, 2.45) is 0 Å². The van der Waals surface area contributed by atoms with E-state index in [9.17, 15) is 117 Å². The summed E-state index contributed by atoms with van der Waals surface area (Å²) < 4.78 is 75.7. The monoisotopic (exact) mass is 1280 g/mol. The minimum absolute atomic E-state index is 0.776. The van der Waals surface area contributed by atoms with Crippen LogP contribution in [0.2, 0.25) is 0 Å². The fourth-order valence-corrected chi connectivity index (χ4v) is 11.1. The van der Waals surface area contributed by atoms with E-state index in [2.05, 4.69) is 16.0 Å². The number of hydrogen-bond donors (Lipinski definition) is 23. The van der Waals surface area contributed by atoms with Crippen molar-refractivity contribution in [1.29, 1.82) is 0 Å². The van der Waals surface area contributed by atoms with E-state index >= 15 is 0 Å². The minimum Gasteiger partial charge on any atom is -0.394 e. The molecule has 0 saturated carbocycles. The highest BCUT2D eigenvalue weighted by molar-refractivity contribution is 5.74. The van der Waals surface area contributed by atoms with Crippen molar-refractivity contribution in [3.8, 4) is 0 Å². The molecule has 7 aliphatic rings. The van der Waals surface area contributed by atoms with Crippen LogP contribution in [0.4, 0.5) is 0 Å². The van der Waals surface area contributed by atoms with Crippen molar-refractivity contribution < 1.29 is 178 Å². The number of aliphatic hydroxyl groups is 20. The van der Waals surface area contributed by atoms with E-state index in [1.807, 2.05) is 0 Å². The van der Waals surface area contributed by atoms with E-state index in [1.165, 1.54) is 0 Å². The lowest BCUT2D eigenvalue weighted by Gasteiger charge is -2.51. The van der Waals surface area contributed by atoms with Crippen LogP contribution in [0.1, 0.15) is 20.8 Å². The maximum atomic E-state index is 12.7. The Kier molecular flexibility index (Phi) is 25.6. The molecule has 0 aromatic carbocycles. The Morgan fingerprint density at radius 3 is 1.08 bits per heavy atom. The topological polar surface area (TPSA) is 612 Å². The number of nitrogens with one attached hydrogen (secondary N) is 3. The maximum Gasteiger partial charge on any atom is 0.217 e. The summed E-state index contributed by atoms with van der Waals surface area (Å²) in [6.45, 7) is -3.99. The number of amides is 3. The van der Waals surface area contributed by atoms with Crippen LogP contribution in [0.5, 0.6) is 0 Å². The largest absolute Gasteiger partial charge is 0.394 e. The number of rotatable bonds is 22. The lowest BCUT2D eigenvalue weighted by molar-refractivity contribution is -0.398. The molecule has 0 aromatic rings. The van der Waals surface area contributed by atoms with Gasteiger partial charge >= 0.3 is 0 Å². The van der Waals surface area contributed by atoms with Crippen molar-refractivity contribution in [1.82, 2.24) is 16.0 Å². The van der Waals surface area contributed by atoms with E-state index in [0.29, 0.717) is 0 Å². The van der Waals surface area contributed by atoms with Gasteiger partial charge in [-0.25, -0.2) is 0 Å². The summed E-state index contributed by atoms with van der Waals surface area (Å²) in [6.07, 6.45) is -63.1. The molecule has 7 rings (SSSR count). The van der Waals surface area contributed by atoms with E-state index < -0.39 is 279 Å². The van der Waals surface area contributed by atoms with Crippen molar-refractivity contribution in [3.05, 3.63) is 0 Å². The predicted octanol–water partition coefficient (Wildman–Crippen LogP) is -15.8. The summed E-state index contributed by atoms with van der Waals surface area (Å²) in [5.41, 5.74) is 0. The Hall–Kier alpha value is -2.91. The second-order valence-electron chi connectivity index (χ2n) is 21.8. The summed E-state index contributed by atoms with van der Waals surface area (Å²) >= 11 is 0. The Morgan fingerprint density at radius 1 is 0.299 bits per heavy atom. The fraction of sp³-hybridized carbons (Fsp3) is 0.938. The Bertz CT molecular complexity index is 2190. The molecule has 0 spiro atoms. The maximum absolute atomic E-state index is 12.7. The lowest BCUT2D eigenvalue weighted by Crippen LogP contribution is -2.71. The molecule has 0 bridgehead atoms. The molecule has 7 heterocycles. The Labute approximate surface area is 492 Å². The van der Waals surface area contributed by atoms with Crippen LogP contribution >= 0.6 is 0 Å². The molecular weight excluding hydrogens is 1190 g/mol. The predicted molar refractivity (Wildman–Crippen MR) is 267 cm³/mol. The SMILES string of the molecule is CC(=O)N[C@H]1[C@H](O[C@H]2[C@H](O)[C@H](O[C@@H]3O[C@H](CO)[C@@H](O)[C@H](O)[C@H]3NC(C)=O)[C@@H](O[C@@H]3[C@H](O)[C@H](O)O[C@H](CO[C@H]4O[C@H](CO)[C@@H](O)[C@H](O)[C@@H]4O[C@@H]4O[C@H](CO)[C@@H](O)[C@H](O)[C@H]4NC(C)=O)[C@H]3O)O[C@@H]2CO)O[C@H](CO)[C@@H](O[C@@H]2O[C@H](CO)[C@H](O)[C@H](O)[C@H]2O)[C@@H]1O. The van der Waals surface area contributed by atoms with E-state index in [-0.39, 0.29) is 0 Å². The first-order valence-electron chi connectivity index (χ1n) is 27.6. The number of ether oxygens (including phenoxy) is 13. The zero-order chi connectivity index (χ0) is 64.2. The standard InChI is InChI=1S/C48H81N3O36/c1-11(58)49-21-29(66)24(61)14(4-52)77-43(21)86-40-33(70)27(64)17(7-55)80-47(40)75-10-20-28(65)39(36(73)42(74)76-20)85-48-41(87-44-22(50-12(2)59)30(67)25(62)15(5-53)78-44)35(72)38(19(9-57)82-48)83-45-23(51-13(3)60)31(68)37(18(8-56)81-45)84-46-34(71)32(69)26(63)16(6-54)79-46/h14-48,52-57,61-74H,4-10H2,1-3H3,(H,49,58)(H,50,59)(H,51,60)/t14-,15-,16-,17-,18-,19-,20-,21-,22-,23-,24-,25-,26+,27-,28-,29-,30-,31-,32+,33+,34-,35+,36+,37-,38-,39+,40+,41+,42-,43+,44+,45+,46+,47+,48-/m1/s1. The average Bonchev–Trinajstić information content (AvgIpc) is 1.17. The molecule has 39 heteroatoms. The molecule has 87 heavy (non-hydrogen) atoms. The number of aliphatic hydroxyl groups excluding tert-OH is 20. The molecule has 23 N–H and O–H groups in total. The second kappa shape index (κ2) is 31.1. The fourth-order valence-electron chi connectivity index (χ4n) is 11.1. The van der Waals surface area contributed by atoms with E-state index in [4.69, 9.17) is 61.6 Å². The summed E-state index contributed by atoms with van der Waals surface area (Å²) in [7, 11) is 0. The molecule has 504 valence electrons.